The second-order valence-corrected chi connectivity index (χ2v) is 7.00. The van der Waals surface area contributed by atoms with Crippen LogP contribution in [-0.2, 0) is 38.4 Å². The van der Waals surface area contributed by atoms with Gasteiger partial charge in [0.05, 0.1) is 0 Å². The monoisotopic (exact) mass is 351 g/mol. The summed E-state index contributed by atoms with van der Waals surface area (Å²) in [5, 5.41) is 0. The summed E-state index contributed by atoms with van der Waals surface area (Å²) in [5.41, 5.74) is 0. The van der Waals surface area contributed by atoms with Crippen LogP contribution in [0.25, 0.3) is 0 Å². The third-order valence-corrected chi connectivity index (χ3v) is 3.29. The van der Waals surface area contributed by atoms with Crippen molar-refractivity contribution in [2.45, 2.75) is 104 Å². The Bertz CT molecular complexity index is 231. The average Bonchev–Trinajstić information content (AvgIpc) is 2.35. The molecule has 0 rings (SSSR count). The predicted molar refractivity (Wildman–Crippen MR) is 85.0 cm³/mol. The Morgan fingerprint density at radius 2 is 1.09 bits per heavy atom. The van der Waals surface area contributed by atoms with Crippen LogP contribution < -0.4 is 0 Å². The molecule has 0 spiro atoms. The fourth-order valence-corrected chi connectivity index (χ4v) is 2.61. The molecule has 0 aromatic heterocycles. The van der Waals surface area contributed by atoms with Crippen LogP contribution in [0.5, 0.6) is 0 Å². The first-order chi connectivity index (χ1) is 10.3. The summed E-state index contributed by atoms with van der Waals surface area (Å²) in [6.45, 7) is 13.0. The molecular weight excluding hydrogens is 316 g/mol. The van der Waals surface area contributed by atoms with Crippen molar-refractivity contribution in [1.29, 1.82) is 0 Å². The molecule has 0 aliphatic rings. The van der Waals surface area contributed by atoms with Crippen molar-refractivity contribution in [1.82, 2.24) is 0 Å². The molecule has 0 bridgehead atoms. The van der Waals surface area contributed by atoms with Crippen LogP contribution in [-0.4, -0.2) is 30.9 Å². The average molecular weight is 351 g/mol. The molecule has 0 N–H and O–H groups in total. The maximum atomic E-state index is 6.04. The van der Waals surface area contributed by atoms with Crippen LogP contribution in [0.3, 0.4) is 0 Å². The van der Waals surface area contributed by atoms with E-state index in [1.165, 1.54) is 12.8 Å². The Kier molecular flexibility index (Phi) is 13.2. The van der Waals surface area contributed by atoms with Crippen molar-refractivity contribution in [3.05, 3.63) is 0 Å². The summed E-state index contributed by atoms with van der Waals surface area (Å²) >= 11 is 1.75. The molecule has 5 heteroatoms. The summed E-state index contributed by atoms with van der Waals surface area (Å²) < 4.78 is 23.2. The van der Waals surface area contributed by atoms with Gasteiger partial charge >= 0.3 is 149 Å². The number of ether oxygens (including phenoxy) is 3. The summed E-state index contributed by atoms with van der Waals surface area (Å²) in [6, 6.07) is 0. The Labute approximate surface area is 149 Å². The van der Waals surface area contributed by atoms with Crippen LogP contribution in [0.15, 0.2) is 0 Å². The van der Waals surface area contributed by atoms with Gasteiger partial charge in [-0.05, 0) is 0 Å². The molecular formula is C17H35O4Ti. The molecule has 22 heavy (non-hydrogen) atoms. The van der Waals surface area contributed by atoms with Gasteiger partial charge in [0.1, 0.15) is 0 Å². The Balaban J connectivity index is 4.41. The molecule has 0 fully saturated rings. The molecule has 4 nitrogen and oxygen atoms in total. The molecule has 0 aliphatic heterocycles. The Morgan fingerprint density at radius 3 is 1.50 bits per heavy atom. The van der Waals surface area contributed by atoms with E-state index >= 15 is 0 Å². The molecule has 0 radical (unpaired) electrons. The van der Waals surface area contributed by atoms with Crippen molar-refractivity contribution in [3.8, 4) is 0 Å². The SMILES string of the molecule is CC(C)OC(CCCCCCC[O][Ti])(OC(C)C)OC(C)C. The van der Waals surface area contributed by atoms with E-state index in [-0.39, 0.29) is 18.3 Å². The number of rotatable bonds is 14. The molecule has 0 amide bonds. The molecule has 0 unspecified atom stereocenters. The van der Waals surface area contributed by atoms with Gasteiger partial charge < -0.3 is 0 Å². The van der Waals surface area contributed by atoms with Crippen molar-refractivity contribution in [3.63, 3.8) is 0 Å². The van der Waals surface area contributed by atoms with Gasteiger partial charge in [-0.25, -0.2) is 0 Å². The maximum absolute atomic E-state index is 6.04. The first-order valence-electron chi connectivity index (χ1n) is 8.63. The summed E-state index contributed by atoms with van der Waals surface area (Å²) in [5.74, 6) is -0.914. The van der Waals surface area contributed by atoms with E-state index in [2.05, 4.69) is 0 Å². The first-order valence-corrected chi connectivity index (χ1v) is 9.27. The second kappa shape index (κ2) is 12.9. The van der Waals surface area contributed by atoms with E-state index < -0.39 is 5.97 Å². The van der Waals surface area contributed by atoms with Gasteiger partial charge in [0, 0.05) is 0 Å². The van der Waals surface area contributed by atoms with Gasteiger partial charge in [0.2, 0.25) is 0 Å². The van der Waals surface area contributed by atoms with E-state index in [0.717, 1.165) is 32.3 Å². The first kappa shape index (κ1) is 22.6. The van der Waals surface area contributed by atoms with Crippen molar-refractivity contribution < 1.29 is 38.4 Å². The Morgan fingerprint density at radius 1 is 0.682 bits per heavy atom. The summed E-state index contributed by atoms with van der Waals surface area (Å²) in [7, 11) is 0. The van der Waals surface area contributed by atoms with Crippen LogP contribution >= 0.6 is 0 Å². The molecule has 131 valence electrons. The summed E-state index contributed by atoms with van der Waals surface area (Å²) in [6.07, 6.45) is 6.74. The fourth-order valence-electron chi connectivity index (χ4n) is 2.38. The predicted octanol–water partition coefficient (Wildman–Crippen LogP) is 4.73. The minimum atomic E-state index is -0.914. The third-order valence-electron chi connectivity index (χ3n) is 2.98. The molecule has 0 heterocycles. The van der Waals surface area contributed by atoms with E-state index in [9.17, 15) is 0 Å². The van der Waals surface area contributed by atoms with Crippen molar-refractivity contribution in [2.24, 2.45) is 0 Å². The Hall–Kier alpha value is 0.554. The van der Waals surface area contributed by atoms with Gasteiger partial charge in [0.25, 0.3) is 0 Å². The standard InChI is InChI=1S/C17H35O4.Ti/c1-14(2)19-17(20-15(3)4,21-16(5)6)12-10-8-7-9-11-13-18;/h14-16H,7-13H2,1-6H3;/q-1;+1. The number of hydrogen-bond donors (Lipinski definition) is 0. The molecule has 0 saturated heterocycles. The van der Waals surface area contributed by atoms with Crippen LogP contribution in [0.4, 0.5) is 0 Å². The number of unbranched alkanes of at least 4 members (excludes halogenated alkanes) is 4. The molecule has 0 aliphatic carbocycles. The van der Waals surface area contributed by atoms with Gasteiger partial charge in [-0.3, -0.25) is 0 Å². The van der Waals surface area contributed by atoms with E-state index in [1.54, 1.807) is 20.8 Å². The van der Waals surface area contributed by atoms with Gasteiger partial charge in [0.15, 0.2) is 0 Å². The summed E-state index contributed by atoms with van der Waals surface area (Å²) in [4.78, 5) is 0. The van der Waals surface area contributed by atoms with Gasteiger partial charge in [-0.15, -0.1) is 0 Å². The second-order valence-electron chi connectivity index (χ2n) is 6.55. The molecule has 0 saturated carbocycles. The molecule has 0 aromatic carbocycles. The zero-order chi connectivity index (χ0) is 17.0. The normalized spacial score (nSPS) is 12.7. The molecule has 0 atom stereocenters. The van der Waals surface area contributed by atoms with Gasteiger partial charge in [-0.1, -0.05) is 0 Å². The topological polar surface area (TPSA) is 36.9 Å². The van der Waals surface area contributed by atoms with E-state index in [1.807, 2.05) is 41.5 Å². The fraction of sp³-hybridized carbons (Fsp3) is 1.00. The zero-order valence-electron chi connectivity index (χ0n) is 15.3. The molecule has 0 aromatic rings. The van der Waals surface area contributed by atoms with Crippen LogP contribution in [0, 0.1) is 0 Å². The van der Waals surface area contributed by atoms with Crippen molar-refractivity contribution in [2.75, 3.05) is 6.61 Å². The van der Waals surface area contributed by atoms with Crippen LogP contribution in [0.1, 0.15) is 80.1 Å². The van der Waals surface area contributed by atoms with Crippen LogP contribution in [0.2, 0.25) is 0 Å². The van der Waals surface area contributed by atoms with E-state index in [0.29, 0.717) is 0 Å². The number of hydrogen-bond acceptors (Lipinski definition) is 4. The van der Waals surface area contributed by atoms with E-state index in [4.69, 9.17) is 17.5 Å². The van der Waals surface area contributed by atoms with Crippen molar-refractivity contribution >= 4 is 0 Å². The quantitative estimate of drug-likeness (QED) is 0.257. The third kappa shape index (κ3) is 12.0. The van der Waals surface area contributed by atoms with Gasteiger partial charge in [-0.2, -0.15) is 0 Å². The zero-order valence-corrected chi connectivity index (χ0v) is 16.9. The minimum absolute atomic E-state index is 0.0687.